The molecule has 0 saturated heterocycles. The smallest absolute Gasteiger partial charge is 0.209 e. The quantitative estimate of drug-likeness (QED) is 0.205. The second-order valence-electron chi connectivity index (χ2n) is 12.3. The number of nitrogens with zero attached hydrogens (tertiary/aromatic N) is 4. The van der Waals surface area contributed by atoms with Gasteiger partial charge in [-0.25, -0.2) is 9.97 Å². The summed E-state index contributed by atoms with van der Waals surface area (Å²) < 4.78 is 2.24. The van der Waals surface area contributed by atoms with Crippen molar-refractivity contribution in [3.05, 3.63) is 42.0 Å². The highest BCUT2D eigenvalue weighted by atomic mass is 16.1. The van der Waals surface area contributed by atoms with Crippen LogP contribution in [0.1, 0.15) is 93.1 Å². The second-order valence-corrected chi connectivity index (χ2v) is 12.3. The molecule has 226 valence electrons. The van der Waals surface area contributed by atoms with Crippen molar-refractivity contribution in [1.82, 2.24) is 19.4 Å². The molecule has 4 rings (SSSR count). The highest BCUT2D eigenvalue weighted by Crippen LogP contribution is 2.39. The number of aryl methyl sites for hydroxylation is 1. The Labute approximate surface area is 248 Å². The molecule has 2 N–H and O–H groups in total. The van der Waals surface area contributed by atoms with Crippen LogP contribution in [0.3, 0.4) is 0 Å². The molecule has 41 heavy (non-hydrogen) atoms. The van der Waals surface area contributed by atoms with Crippen molar-refractivity contribution in [3.63, 3.8) is 0 Å². The van der Waals surface area contributed by atoms with Crippen LogP contribution in [0.25, 0.3) is 11.2 Å². The Bertz CT molecular complexity index is 1230. The molecule has 2 atom stereocenters. The lowest BCUT2D eigenvalue weighted by Gasteiger charge is -2.39. The standard InChI is InChI=1S/C32H48N6O.C2H6/c1-7-37(8-2)17-9-10-18-38-30-28(35-31(38)34-26-13-11-25(12-14-26)20-24(4)39)15-16-29(36-30)33-27-19-23(3)21-32(5,6)22-27;1-2/h11-16,23,27H,7-10,17-22H2,1-6H3,(H,33,36)(H,34,35);1-2H3. The van der Waals surface area contributed by atoms with Crippen LogP contribution < -0.4 is 10.6 Å². The van der Waals surface area contributed by atoms with Gasteiger partial charge in [-0.05, 0) is 99.8 Å². The summed E-state index contributed by atoms with van der Waals surface area (Å²) >= 11 is 0. The topological polar surface area (TPSA) is 75.1 Å². The van der Waals surface area contributed by atoms with Crippen LogP contribution in [-0.4, -0.2) is 50.9 Å². The fourth-order valence-electron chi connectivity index (χ4n) is 6.32. The van der Waals surface area contributed by atoms with Crippen molar-refractivity contribution < 1.29 is 4.79 Å². The number of carbonyl (C=O) groups excluding carboxylic acids is 1. The molecule has 0 amide bonds. The van der Waals surface area contributed by atoms with Crippen LogP contribution in [0.4, 0.5) is 17.5 Å². The fraction of sp³-hybridized carbons (Fsp3) is 0.618. The number of rotatable bonds is 13. The molecule has 0 bridgehead atoms. The van der Waals surface area contributed by atoms with Gasteiger partial charge in [0, 0.05) is 24.7 Å². The van der Waals surface area contributed by atoms with Gasteiger partial charge in [0.25, 0.3) is 0 Å². The average molecular weight is 563 g/mol. The van der Waals surface area contributed by atoms with Gasteiger partial charge in [-0.3, -0.25) is 9.36 Å². The maximum absolute atomic E-state index is 11.5. The first-order valence-corrected chi connectivity index (χ1v) is 15.9. The fourth-order valence-corrected chi connectivity index (χ4v) is 6.32. The van der Waals surface area contributed by atoms with Gasteiger partial charge in [-0.2, -0.15) is 0 Å². The maximum atomic E-state index is 11.5. The number of unbranched alkanes of at least 4 members (excludes halogenated alkanes) is 1. The Hall–Kier alpha value is -2.93. The van der Waals surface area contributed by atoms with E-state index in [2.05, 4.69) is 66.9 Å². The summed E-state index contributed by atoms with van der Waals surface area (Å²) in [4.78, 5) is 24.0. The monoisotopic (exact) mass is 562 g/mol. The number of imidazole rings is 1. The number of hydrogen-bond acceptors (Lipinski definition) is 6. The summed E-state index contributed by atoms with van der Waals surface area (Å²) in [6, 6.07) is 12.7. The minimum Gasteiger partial charge on any atom is -0.367 e. The van der Waals surface area contributed by atoms with E-state index in [1.807, 2.05) is 38.1 Å². The Morgan fingerprint density at radius 1 is 1.02 bits per heavy atom. The predicted molar refractivity (Wildman–Crippen MR) is 174 cm³/mol. The van der Waals surface area contributed by atoms with Gasteiger partial charge in [-0.15, -0.1) is 0 Å². The maximum Gasteiger partial charge on any atom is 0.209 e. The zero-order valence-electron chi connectivity index (χ0n) is 26.9. The molecule has 2 aromatic heterocycles. The summed E-state index contributed by atoms with van der Waals surface area (Å²) in [5, 5.41) is 7.29. The van der Waals surface area contributed by atoms with Gasteiger partial charge in [0.2, 0.25) is 5.95 Å². The van der Waals surface area contributed by atoms with Gasteiger partial charge in [0.1, 0.15) is 17.1 Å². The van der Waals surface area contributed by atoms with Gasteiger partial charge >= 0.3 is 0 Å². The van der Waals surface area contributed by atoms with E-state index < -0.39 is 0 Å². The summed E-state index contributed by atoms with van der Waals surface area (Å²) in [6.45, 7) is 21.3. The van der Waals surface area contributed by atoms with Gasteiger partial charge < -0.3 is 15.5 Å². The Morgan fingerprint density at radius 2 is 1.73 bits per heavy atom. The number of aromatic nitrogens is 3. The number of benzene rings is 1. The Kier molecular flexibility index (Phi) is 12.2. The van der Waals surface area contributed by atoms with Crippen molar-refractivity contribution >= 4 is 34.4 Å². The molecular formula is C34H54N6O. The average Bonchev–Trinajstić information content (AvgIpc) is 3.25. The highest BCUT2D eigenvalue weighted by Gasteiger charge is 2.32. The summed E-state index contributed by atoms with van der Waals surface area (Å²) in [5.41, 5.74) is 4.15. The van der Waals surface area contributed by atoms with Gasteiger partial charge in [0.15, 0.2) is 5.65 Å². The number of pyridine rings is 1. The lowest BCUT2D eigenvalue weighted by atomic mass is 9.70. The number of carbonyl (C=O) groups is 1. The van der Waals surface area contributed by atoms with E-state index in [0.717, 1.165) is 79.6 Å². The number of hydrogen-bond donors (Lipinski definition) is 2. The lowest BCUT2D eigenvalue weighted by molar-refractivity contribution is -0.116. The second kappa shape index (κ2) is 15.3. The van der Waals surface area contributed by atoms with Crippen LogP contribution in [-0.2, 0) is 17.8 Å². The number of fused-ring (bicyclic) bond motifs is 1. The molecule has 1 fully saturated rings. The number of ketones is 1. The molecule has 7 heteroatoms. The first-order valence-electron chi connectivity index (χ1n) is 15.9. The van der Waals surface area contributed by atoms with Crippen LogP contribution in [0.2, 0.25) is 0 Å². The van der Waals surface area contributed by atoms with Crippen molar-refractivity contribution in [2.75, 3.05) is 30.3 Å². The van der Waals surface area contributed by atoms with E-state index in [4.69, 9.17) is 9.97 Å². The number of nitrogens with one attached hydrogen (secondary N) is 2. The Balaban J connectivity index is 0.00000226. The van der Waals surface area contributed by atoms with Crippen LogP contribution in [0, 0.1) is 11.3 Å². The predicted octanol–water partition coefficient (Wildman–Crippen LogP) is 8.08. The first kappa shape index (κ1) is 32.6. The zero-order valence-corrected chi connectivity index (χ0v) is 26.9. The first-order chi connectivity index (χ1) is 19.7. The number of anilines is 3. The van der Waals surface area contributed by atoms with Crippen LogP contribution in [0.15, 0.2) is 36.4 Å². The van der Waals surface area contributed by atoms with E-state index in [9.17, 15) is 4.79 Å². The molecule has 0 radical (unpaired) electrons. The van der Waals surface area contributed by atoms with Crippen LogP contribution in [0.5, 0.6) is 0 Å². The molecule has 3 aromatic rings. The molecule has 7 nitrogen and oxygen atoms in total. The van der Waals surface area contributed by atoms with Crippen molar-refractivity contribution in [1.29, 1.82) is 0 Å². The summed E-state index contributed by atoms with van der Waals surface area (Å²) in [5.74, 6) is 2.62. The highest BCUT2D eigenvalue weighted by molar-refractivity contribution is 5.79. The van der Waals surface area contributed by atoms with Crippen molar-refractivity contribution in [3.8, 4) is 0 Å². The molecule has 2 unspecified atom stereocenters. The van der Waals surface area contributed by atoms with E-state index in [1.165, 1.54) is 12.8 Å². The molecule has 1 aromatic carbocycles. The summed E-state index contributed by atoms with van der Waals surface area (Å²) in [6.07, 6.45) is 6.27. The van der Waals surface area contributed by atoms with E-state index in [1.54, 1.807) is 6.92 Å². The number of Topliss-reactive ketones (excluding diaryl/α,β-unsaturated/α-hetero) is 1. The van der Waals surface area contributed by atoms with Gasteiger partial charge in [-0.1, -0.05) is 60.6 Å². The molecule has 1 aliphatic carbocycles. The molecule has 1 saturated carbocycles. The molecule has 2 heterocycles. The third-order valence-electron chi connectivity index (χ3n) is 7.99. The summed E-state index contributed by atoms with van der Waals surface area (Å²) in [7, 11) is 0. The SMILES string of the molecule is CC.CCN(CC)CCCCn1c(Nc2ccc(CC(C)=O)cc2)nc2ccc(NC3CC(C)CC(C)(C)C3)nc21. The lowest BCUT2D eigenvalue weighted by Crippen LogP contribution is -2.35. The Morgan fingerprint density at radius 3 is 2.37 bits per heavy atom. The third-order valence-corrected chi connectivity index (χ3v) is 7.99. The zero-order chi connectivity index (χ0) is 30.0. The third kappa shape index (κ3) is 9.56. The van der Waals surface area contributed by atoms with Crippen LogP contribution >= 0.6 is 0 Å². The molecule has 0 spiro atoms. The largest absolute Gasteiger partial charge is 0.367 e. The minimum atomic E-state index is 0.170. The molecule has 1 aliphatic rings. The van der Waals surface area contributed by atoms with E-state index in [0.29, 0.717) is 23.8 Å². The molecule has 0 aliphatic heterocycles. The van der Waals surface area contributed by atoms with Crippen molar-refractivity contribution in [2.24, 2.45) is 11.3 Å². The normalized spacial score (nSPS) is 18.2. The van der Waals surface area contributed by atoms with Gasteiger partial charge in [0.05, 0.1) is 0 Å². The minimum absolute atomic E-state index is 0.170. The van der Waals surface area contributed by atoms with Crippen molar-refractivity contribution in [2.45, 2.75) is 107 Å². The van der Waals surface area contributed by atoms with E-state index in [-0.39, 0.29) is 5.78 Å². The van der Waals surface area contributed by atoms with E-state index >= 15 is 0 Å². The molecular weight excluding hydrogens is 508 g/mol.